The lowest BCUT2D eigenvalue weighted by atomic mass is 9.89. The van der Waals surface area contributed by atoms with Crippen molar-refractivity contribution in [3.05, 3.63) is 71.4 Å². The van der Waals surface area contributed by atoms with Gasteiger partial charge in [0.05, 0.1) is 18.8 Å². The molecule has 2 N–H and O–H groups in total. The van der Waals surface area contributed by atoms with E-state index < -0.39 is 0 Å². The first-order chi connectivity index (χ1) is 11.3. The molecular weight excluding hydrogens is 284 g/mol. The normalized spacial score (nSPS) is 20.6. The van der Waals surface area contributed by atoms with Gasteiger partial charge in [0.25, 0.3) is 0 Å². The van der Waals surface area contributed by atoms with Crippen LogP contribution in [-0.2, 0) is 23.3 Å². The molecule has 0 fully saturated rings. The van der Waals surface area contributed by atoms with Gasteiger partial charge < -0.3 is 15.0 Å². The summed E-state index contributed by atoms with van der Waals surface area (Å²) in [5.74, 6) is 0. The first kappa shape index (κ1) is 14.5. The summed E-state index contributed by atoms with van der Waals surface area (Å²) in [6.45, 7) is 4.51. The molecule has 1 aliphatic rings. The third-order valence-corrected chi connectivity index (χ3v) is 4.76. The van der Waals surface area contributed by atoms with Crippen molar-refractivity contribution in [3.63, 3.8) is 0 Å². The minimum atomic E-state index is -0.165. The number of H-pyrrole nitrogens is 1. The van der Waals surface area contributed by atoms with Gasteiger partial charge >= 0.3 is 0 Å². The van der Waals surface area contributed by atoms with E-state index in [0.717, 1.165) is 13.0 Å². The van der Waals surface area contributed by atoms with Crippen LogP contribution in [0.15, 0.2) is 54.6 Å². The van der Waals surface area contributed by atoms with Crippen molar-refractivity contribution in [2.75, 3.05) is 13.2 Å². The minimum Gasteiger partial charge on any atom is -0.374 e. The fourth-order valence-corrected chi connectivity index (χ4v) is 3.55. The molecule has 3 nitrogen and oxygen atoms in total. The van der Waals surface area contributed by atoms with E-state index in [2.05, 4.69) is 65.8 Å². The minimum absolute atomic E-state index is 0.165. The molecule has 0 aliphatic carbocycles. The van der Waals surface area contributed by atoms with E-state index >= 15 is 0 Å². The van der Waals surface area contributed by atoms with Gasteiger partial charge in [0.15, 0.2) is 0 Å². The Hall–Kier alpha value is -2.10. The Morgan fingerprint density at radius 2 is 1.83 bits per heavy atom. The highest BCUT2D eigenvalue weighted by Gasteiger charge is 2.34. The van der Waals surface area contributed by atoms with Crippen molar-refractivity contribution < 1.29 is 4.74 Å². The second-order valence-corrected chi connectivity index (χ2v) is 6.51. The summed E-state index contributed by atoms with van der Waals surface area (Å²) in [5.41, 5.74) is 4.98. The smallest absolute Gasteiger partial charge is 0.0797 e. The molecule has 0 radical (unpaired) electrons. The van der Waals surface area contributed by atoms with E-state index in [0.29, 0.717) is 13.2 Å². The molecule has 0 amide bonds. The summed E-state index contributed by atoms with van der Waals surface area (Å²) in [4.78, 5) is 3.61. The summed E-state index contributed by atoms with van der Waals surface area (Å²) in [5, 5.41) is 4.99. The number of benzene rings is 2. The first-order valence-electron chi connectivity index (χ1n) is 8.23. The molecule has 118 valence electrons. The molecule has 1 aliphatic heterocycles. The summed E-state index contributed by atoms with van der Waals surface area (Å²) in [6.07, 6.45) is 1.06. The van der Waals surface area contributed by atoms with E-state index in [1.54, 1.807) is 0 Å². The van der Waals surface area contributed by atoms with Gasteiger partial charge in [0.2, 0.25) is 0 Å². The van der Waals surface area contributed by atoms with Gasteiger partial charge in [-0.15, -0.1) is 0 Å². The van der Waals surface area contributed by atoms with Gasteiger partial charge in [-0.2, -0.15) is 0 Å². The van der Waals surface area contributed by atoms with E-state index in [9.17, 15) is 0 Å². The zero-order chi connectivity index (χ0) is 15.7. The van der Waals surface area contributed by atoms with Crippen LogP contribution in [-0.4, -0.2) is 18.1 Å². The molecular formula is C20H22N2O. The zero-order valence-electron chi connectivity index (χ0n) is 13.4. The van der Waals surface area contributed by atoms with Gasteiger partial charge in [0, 0.05) is 23.1 Å². The van der Waals surface area contributed by atoms with Crippen LogP contribution < -0.4 is 5.32 Å². The Balaban J connectivity index is 1.57. The van der Waals surface area contributed by atoms with Crippen LogP contribution in [0.3, 0.4) is 0 Å². The maximum absolute atomic E-state index is 6.03. The number of para-hydroxylation sites is 1. The van der Waals surface area contributed by atoms with Gasteiger partial charge in [-0.1, -0.05) is 48.5 Å². The molecule has 3 aromatic rings. The quantitative estimate of drug-likeness (QED) is 0.770. The second-order valence-electron chi connectivity index (χ2n) is 6.51. The van der Waals surface area contributed by atoms with Crippen molar-refractivity contribution in [3.8, 4) is 0 Å². The van der Waals surface area contributed by atoms with Crippen LogP contribution in [0.5, 0.6) is 0 Å². The molecule has 0 bridgehead atoms. The van der Waals surface area contributed by atoms with E-state index in [4.69, 9.17) is 4.74 Å². The van der Waals surface area contributed by atoms with Crippen LogP contribution in [0.2, 0.25) is 0 Å². The maximum atomic E-state index is 6.03. The van der Waals surface area contributed by atoms with E-state index in [1.165, 1.54) is 27.7 Å². The number of ether oxygens (including phenoxy) is 1. The molecule has 0 saturated carbocycles. The first-order valence-corrected chi connectivity index (χ1v) is 8.23. The average Bonchev–Trinajstić information content (AvgIpc) is 2.97. The molecule has 2 aromatic carbocycles. The largest absolute Gasteiger partial charge is 0.374 e. The maximum Gasteiger partial charge on any atom is 0.0797 e. The van der Waals surface area contributed by atoms with Crippen LogP contribution in [0, 0.1) is 0 Å². The highest BCUT2D eigenvalue weighted by Crippen LogP contribution is 2.33. The van der Waals surface area contributed by atoms with Crippen molar-refractivity contribution in [1.29, 1.82) is 0 Å². The topological polar surface area (TPSA) is 37.0 Å². The fraction of sp³-hybridized carbons (Fsp3) is 0.300. The summed E-state index contributed by atoms with van der Waals surface area (Å²) < 4.78 is 6.03. The fourth-order valence-electron chi connectivity index (χ4n) is 3.55. The number of nitrogens with one attached hydrogen (secondary N) is 2. The van der Waals surface area contributed by atoms with Crippen molar-refractivity contribution >= 4 is 10.9 Å². The number of hydrogen-bond acceptors (Lipinski definition) is 2. The van der Waals surface area contributed by atoms with Crippen molar-refractivity contribution in [2.24, 2.45) is 0 Å². The lowest BCUT2D eigenvalue weighted by Crippen LogP contribution is -2.48. The van der Waals surface area contributed by atoms with Gasteiger partial charge in [-0.25, -0.2) is 0 Å². The third-order valence-electron chi connectivity index (χ3n) is 4.76. The summed E-state index contributed by atoms with van der Waals surface area (Å²) in [6, 6.07) is 18.9. The standard InChI is InChI=1S/C20H22N2O/c1-20(14-23-13-15-7-3-2-4-8-15)19-17(11-12-21-20)16-9-5-6-10-18(16)22-19/h2-10,21-22H,11-14H2,1H3. The average molecular weight is 306 g/mol. The third kappa shape index (κ3) is 2.67. The Bertz CT molecular complexity index is 809. The van der Waals surface area contributed by atoms with Gasteiger partial charge in [-0.3, -0.25) is 0 Å². The second kappa shape index (κ2) is 5.84. The molecule has 2 heterocycles. The molecule has 23 heavy (non-hydrogen) atoms. The van der Waals surface area contributed by atoms with Gasteiger partial charge in [-0.05, 0) is 30.5 Å². The predicted octanol–water partition coefficient (Wildman–Crippen LogP) is 3.75. The SMILES string of the molecule is CC1(COCc2ccccc2)NCCc2c1[nH]c1ccccc21. The lowest BCUT2D eigenvalue weighted by molar-refractivity contribution is 0.0589. The number of hydrogen-bond donors (Lipinski definition) is 2. The molecule has 3 heteroatoms. The van der Waals surface area contributed by atoms with Crippen molar-refractivity contribution in [2.45, 2.75) is 25.5 Å². The lowest BCUT2D eigenvalue weighted by Gasteiger charge is -2.35. The predicted molar refractivity (Wildman–Crippen MR) is 93.5 cm³/mol. The number of aromatic amines is 1. The van der Waals surface area contributed by atoms with Gasteiger partial charge in [0.1, 0.15) is 0 Å². The summed E-state index contributed by atoms with van der Waals surface area (Å²) >= 11 is 0. The zero-order valence-corrected chi connectivity index (χ0v) is 13.4. The van der Waals surface area contributed by atoms with Crippen LogP contribution >= 0.6 is 0 Å². The molecule has 1 unspecified atom stereocenters. The number of rotatable bonds is 4. The highest BCUT2D eigenvalue weighted by molar-refractivity contribution is 5.85. The molecule has 0 saturated heterocycles. The van der Waals surface area contributed by atoms with Crippen molar-refractivity contribution in [1.82, 2.24) is 10.3 Å². The molecule has 1 aromatic heterocycles. The Kier molecular flexibility index (Phi) is 3.68. The van der Waals surface area contributed by atoms with E-state index in [1.807, 2.05) is 6.07 Å². The number of aromatic nitrogens is 1. The van der Waals surface area contributed by atoms with Crippen LogP contribution in [0.4, 0.5) is 0 Å². The molecule has 4 rings (SSSR count). The molecule has 0 spiro atoms. The van der Waals surface area contributed by atoms with Crippen LogP contribution in [0.1, 0.15) is 23.7 Å². The van der Waals surface area contributed by atoms with Crippen LogP contribution in [0.25, 0.3) is 10.9 Å². The number of fused-ring (bicyclic) bond motifs is 3. The monoisotopic (exact) mass is 306 g/mol. The Morgan fingerprint density at radius 3 is 2.70 bits per heavy atom. The summed E-state index contributed by atoms with van der Waals surface area (Å²) in [7, 11) is 0. The molecule has 1 atom stereocenters. The van der Waals surface area contributed by atoms with E-state index in [-0.39, 0.29) is 5.54 Å². The Morgan fingerprint density at radius 1 is 1.04 bits per heavy atom. The Labute approximate surface area is 136 Å². The highest BCUT2D eigenvalue weighted by atomic mass is 16.5.